The fourth-order valence-electron chi connectivity index (χ4n) is 3.93. The first kappa shape index (κ1) is 19.5. The molecule has 5 nitrogen and oxygen atoms in total. The molecule has 5 rings (SSSR count). The van der Waals surface area contributed by atoms with Gasteiger partial charge in [0.1, 0.15) is 11.5 Å². The molecule has 0 spiro atoms. The third kappa shape index (κ3) is 3.62. The molecule has 0 unspecified atom stereocenters. The van der Waals surface area contributed by atoms with E-state index in [-0.39, 0.29) is 0 Å². The molecule has 0 amide bonds. The van der Waals surface area contributed by atoms with Gasteiger partial charge >= 0.3 is 0 Å². The lowest BCUT2D eigenvalue weighted by atomic mass is 10.1. The zero-order valence-electron chi connectivity index (χ0n) is 17.5. The maximum Gasteiger partial charge on any atom is 0.186 e. The molecule has 0 N–H and O–H groups in total. The monoisotopic (exact) mass is 427 g/mol. The molecule has 154 valence electrons. The third-order valence-electron chi connectivity index (χ3n) is 5.48. The Morgan fingerprint density at radius 3 is 2.58 bits per heavy atom. The first-order valence-electron chi connectivity index (χ1n) is 10.3. The van der Waals surface area contributed by atoms with E-state index in [4.69, 9.17) is 16.6 Å². The smallest absolute Gasteiger partial charge is 0.186 e. The molecule has 0 aliphatic heterocycles. The highest BCUT2D eigenvalue weighted by Gasteiger charge is 2.19. The SMILES string of the molecule is CCN(Cc1ccccc1)c1nc2c(-c3cccc(C)c3)nnn2c2ccc(Cl)cc12. The topological polar surface area (TPSA) is 46.3 Å². The summed E-state index contributed by atoms with van der Waals surface area (Å²) in [6.45, 7) is 5.77. The van der Waals surface area contributed by atoms with Crippen LogP contribution in [-0.2, 0) is 6.54 Å². The number of benzene rings is 3. The second-order valence-corrected chi connectivity index (χ2v) is 8.08. The Kier molecular flexibility index (Phi) is 5.04. The first-order valence-corrected chi connectivity index (χ1v) is 10.7. The van der Waals surface area contributed by atoms with Crippen LogP contribution in [0.3, 0.4) is 0 Å². The van der Waals surface area contributed by atoms with Gasteiger partial charge in [0.25, 0.3) is 0 Å². The first-order chi connectivity index (χ1) is 15.1. The maximum atomic E-state index is 6.38. The number of aryl methyl sites for hydroxylation is 1. The number of hydrogen-bond acceptors (Lipinski definition) is 4. The average Bonchev–Trinajstić information content (AvgIpc) is 3.21. The second-order valence-electron chi connectivity index (χ2n) is 7.64. The van der Waals surface area contributed by atoms with Crippen LogP contribution in [0.25, 0.3) is 27.8 Å². The number of fused-ring (bicyclic) bond motifs is 3. The molecule has 0 saturated heterocycles. The summed E-state index contributed by atoms with van der Waals surface area (Å²) in [6.07, 6.45) is 0. The Morgan fingerprint density at radius 1 is 0.968 bits per heavy atom. The molecular formula is C25H22ClN5. The van der Waals surface area contributed by atoms with Crippen molar-refractivity contribution in [3.05, 3.63) is 88.9 Å². The molecule has 0 bridgehead atoms. The van der Waals surface area contributed by atoms with E-state index in [2.05, 4.69) is 65.5 Å². The zero-order valence-corrected chi connectivity index (χ0v) is 18.2. The van der Waals surface area contributed by atoms with Gasteiger partial charge in [0.2, 0.25) is 0 Å². The van der Waals surface area contributed by atoms with E-state index in [1.165, 1.54) is 11.1 Å². The van der Waals surface area contributed by atoms with E-state index < -0.39 is 0 Å². The van der Waals surface area contributed by atoms with Crippen molar-refractivity contribution in [3.63, 3.8) is 0 Å². The molecule has 2 aromatic heterocycles. The largest absolute Gasteiger partial charge is 0.352 e. The highest BCUT2D eigenvalue weighted by molar-refractivity contribution is 6.31. The van der Waals surface area contributed by atoms with E-state index in [1.54, 1.807) is 0 Å². The van der Waals surface area contributed by atoms with Crippen molar-refractivity contribution in [2.75, 3.05) is 11.4 Å². The van der Waals surface area contributed by atoms with Crippen molar-refractivity contribution >= 4 is 34.0 Å². The van der Waals surface area contributed by atoms with E-state index >= 15 is 0 Å². The van der Waals surface area contributed by atoms with Crippen LogP contribution in [0.5, 0.6) is 0 Å². The van der Waals surface area contributed by atoms with Gasteiger partial charge < -0.3 is 4.90 Å². The van der Waals surface area contributed by atoms with Crippen LogP contribution in [0.15, 0.2) is 72.8 Å². The summed E-state index contributed by atoms with van der Waals surface area (Å²) in [4.78, 5) is 7.35. The standard InChI is InChI=1S/C25H22ClN5/c1-3-30(16-18-9-5-4-6-10-18)24-21-15-20(26)12-13-22(21)31-25(27-24)23(28-29-31)19-11-7-8-17(2)14-19/h4-15H,3,16H2,1-2H3. The molecule has 2 heterocycles. The van der Waals surface area contributed by atoms with Crippen LogP contribution < -0.4 is 4.90 Å². The lowest BCUT2D eigenvalue weighted by molar-refractivity contribution is 0.813. The average molecular weight is 428 g/mol. The van der Waals surface area contributed by atoms with Gasteiger partial charge in [0.15, 0.2) is 5.65 Å². The van der Waals surface area contributed by atoms with E-state index in [9.17, 15) is 0 Å². The van der Waals surface area contributed by atoms with Crippen molar-refractivity contribution in [2.24, 2.45) is 0 Å². The highest BCUT2D eigenvalue weighted by atomic mass is 35.5. The lowest BCUT2D eigenvalue weighted by Crippen LogP contribution is -2.23. The molecule has 3 aromatic carbocycles. The Morgan fingerprint density at radius 2 is 1.81 bits per heavy atom. The summed E-state index contributed by atoms with van der Waals surface area (Å²) in [5, 5.41) is 10.6. The minimum absolute atomic E-state index is 0.671. The van der Waals surface area contributed by atoms with Crippen molar-refractivity contribution < 1.29 is 0 Å². The van der Waals surface area contributed by atoms with Crippen molar-refractivity contribution in [3.8, 4) is 11.3 Å². The van der Waals surface area contributed by atoms with Crippen LogP contribution in [0.2, 0.25) is 5.02 Å². The van der Waals surface area contributed by atoms with Gasteiger partial charge in [0, 0.05) is 29.1 Å². The van der Waals surface area contributed by atoms with Gasteiger partial charge in [-0.1, -0.05) is 70.9 Å². The van der Waals surface area contributed by atoms with Gasteiger partial charge in [-0.25, -0.2) is 4.98 Å². The zero-order chi connectivity index (χ0) is 21.4. The van der Waals surface area contributed by atoms with Gasteiger partial charge in [-0.3, -0.25) is 0 Å². The number of rotatable bonds is 5. The number of hydrogen-bond donors (Lipinski definition) is 0. The summed E-state index contributed by atoms with van der Waals surface area (Å²) in [6, 6.07) is 24.5. The van der Waals surface area contributed by atoms with Crippen LogP contribution >= 0.6 is 11.6 Å². The summed E-state index contributed by atoms with van der Waals surface area (Å²) in [5.41, 5.74) is 5.85. The fourth-order valence-corrected chi connectivity index (χ4v) is 4.10. The Labute approximate surface area is 185 Å². The number of nitrogens with zero attached hydrogens (tertiary/aromatic N) is 5. The second kappa shape index (κ2) is 8.00. The Bertz CT molecular complexity index is 1380. The van der Waals surface area contributed by atoms with Gasteiger partial charge in [0.05, 0.1) is 5.52 Å². The van der Waals surface area contributed by atoms with E-state index in [0.717, 1.165) is 46.7 Å². The summed E-state index contributed by atoms with van der Waals surface area (Å²) in [5.74, 6) is 0.882. The molecule has 0 fully saturated rings. The van der Waals surface area contributed by atoms with E-state index in [1.807, 2.05) is 40.9 Å². The van der Waals surface area contributed by atoms with Gasteiger partial charge in [-0.15, -0.1) is 5.10 Å². The number of anilines is 1. The van der Waals surface area contributed by atoms with Gasteiger partial charge in [-0.2, -0.15) is 4.52 Å². The molecule has 0 aliphatic rings. The minimum Gasteiger partial charge on any atom is -0.352 e. The Balaban J connectivity index is 1.75. The molecule has 5 aromatic rings. The van der Waals surface area contributed by atoms with Crippen LogP contribution in [-0.4, -0.2) is 26.4 Å². The predicted octanol–water partition coefficient (Wildman–Crippen LogP) is 5.93. The molecular weight excluding hydrogens is 406 g/mol. The van der Waals surface area contributed by atoms with Crippen LogP contribution in [0, 0.1) is 6.92 Å². The molecule has 0 aliphatic carbocycles. The highest BCUT2D eigenvalue weighted by Crippen LogP contribution is 2.32. The molecule has 31 heavy (non-hydrogen) atoms. The molecule has 0 saturated carbocycles. The molecule has 0 atom stereocenters. The van der Waals surface area contributed by atoms with E-state index in [0.29, 0.717) is 5.02 Å². The van der Waals surface area contributed by atoms with Crippen LogP contribution in [0.4, 0.5) is 5.82 Å². The molecule has 6 heteroatoms. The van der Waals surface area contributed by atoms with Crippen LogP contribution in [0.1, 0.15) is 18.1 Å². The van der Waals surface area contributed by atoms with Gasteiger partial charge in [-0.05, 0) is 43.7 Å². The van der Waals surface area contributed by atoms with Crippen molar-refractivity contribution in [1.82, 2.24) is 19.8 Å². The molecule has 0 radical (unpaired) electrons. The minimum atomic E-state index is 0.671. The maximum absolute atomic E-state index is 6.38. The predicted molar refractivity (Wildman–Crippen MR) is 127 cm³/mol. The van der Waals surface area contributed by atoms with Crippen molar-refractivity contribution in [2.45, 2.75) is 20.4 Å². The fraction of sp³-hybridized carbons (Fsp3) is 0.160. The number of halogens is 1. The number of aromatic nitrogens is 4. The lowest BCUT2D eigenvalue weighted by Gasteiger charge is -2.24. The quantitative estimate of drug-likeness (QED) is 0.348. The Hall–Kier alpha value is -3.44. The summed E-state index contributed by atoms with van der Waals surface area (Å²) in [7, 11) is 0. The third-order valence-corrected chi connectivity index (χ3v) is 5.71. The van der Waals surface area contributed by atoms with Crippen molar-refractivity contribution in [1.29, 1.82) is 0 Å². The summed E-state index contributed by atoms with van der Waals surface area (Å²) < 4.78 is 1.81. The normalized spacial score (nSPS) is 11.3. The summed E-state index contributed by atoms with van der Waals surface area (Å²) >= 11 is 6.38.